The first-order valence-corrected chi connectivity index (χ1v) is 9.56. The van der Waals surface area contributed by atoms with Gasteiger partial charge in [0.1, 0.15) is 4.83 Å². The van der Waals surface area contributed by atoms with Crippen molar-refractivity contribution < 1.29 is 14.3 Å². The van der Waals surface area contributed by atoms with E-state index in [-0.39, 0.29) is 18.0 Å². The Morgan fingerprint density at radius 3 is 2.52 bits per heavy atom. The maximum atomic E-state index is 12.7. The molecule has 0 aliphatic heterocycles. The number of hydrogen-bond acceptors (Lipinski definition) is 6. The fraction of sp³-hybridized carbons (Fsp3) is 0.400. The third-order valence-electron chi connectivity index (χ3n) is 4.33. The minimum atomic E-state index is -0.457. The largest absolute Gasteiger partial charge is 0.462 e. The van der Waals surface area contributed by atoms with Crippen LogP contribution in [0.2, 0.25) is 0 Å². The number of thiophene rings is 1. The highest BCUT2D eigenvalue weighted by Gasteiger charge is 2.29. The fourth-order valence-electron chi connectivity index (χ4n) is 3.34. The molecule has 0 saturated carbocycles. The summed E-state index contributed by atoms with van der Waals surface area (Å²) in [6.07, 6.45) is 0. The molecule has 0 aromatic carbocycles. The SMILES string of the molecule is CCOC(=O)c1cc(C)nc2sc3c(C(C)(C)C)c(C(C)=O)c(=O)[nH]c3c12. The van der Waals surface area contributed by atoms with Crippen LogP contribution in [0.4, 0.5) is 0 Å². The minimum Gasteiger partial charge on any atom is -0.462 e. The van der Waals surface area contributed by atoms with Crippen LogP contribution in [-0.2, 0) is 10.2 Å². The summed E-state index contributed by atoms with van der Waals surface area (Å²) in [4.78, 5) is 45.5. The van der Waals surface area contributed by atoms with Crippen LogP contribution >= 0.6 is 11.3 Å². The number of H-pyrrole nitrogens is 1. The Bertz CT molecular complexity index is 1150. The van der Waals surface area contributed by atoms with E-state index in [2.05, 4.69) is 9.97 Å². The number of ether oxygens (including phenoxy) is 1. The van der Waals surface area contributed by atoms with Crippen molar-refractivity contribution in [1.82, 2.24) is 9.97 Å². The molecule has 0 aliphatic carbocycles. The van der Waals surface area contributed by atoms with Crippen LogP contribution in [0.5, 0.6) is 0 Å². The van der Waals surface area contributed by atoms with Crippen molar-refractivity contribution in [3.63, 3.8) is 0 Å². The van der Waals surface area contributed by atoms with E-state index >= 15 is 0 Å². The number of esters is 1. The number of rotatable bonds is 3. The van der Waals surface area contributed by atoms with Crippen molar-refractivity contribution in [3.05, 3.63) is 38.8 Å². The van der Waals surface area contributed by atoms with Crippen molar-refractivity contribution in [1.29, 1.82) is 0 Å². The van der Waals surface area contributed by atoms with E-state index in [1.54, 1.807) is 19.9 Å². The molecule has 0 fully saturated rings. The lowest BCUT2D eigenvalue weighted by molar-refractivity contribution is 0.0528. The number of pyridine rings is 2. The maximum absolute atomic E-state index is 12.7. The molecular weight excluding hydrogens is 364 g/mol. The van der Waals surface area contributed by atoms with Crippen molar-refractivity contribution in [2.24, 2.45) is 0 Å². The first-order chi connectivity index (χ1) is 12.6. The molecule has 0 saturated heterocycles. The molecule has 0 aliphatic rings. The van der Waals surface area contributed by atoms with Crippen LogP contribution < -0.4 is 5.56 Å². The van der Waals surface area contributed by atoms with E-state index in [0.29, 0.717) is 32.6 Å². The second-order valence-corrected chi connectivity index (χ2v) is 8.53. The van der Waals surface area contributed by atoms with Crippen molar-refractivity contribution in [2.75, 3.05) is 6.61 Å². The average Bonchev–Trinajstić information content (AvgIpc) is 2.89. The summed E-state index contributed by atoms with van der Waals surface area (Å²) in [7, 11) is 0. The van der Waals surface area contributed by atoms with Crippen molar-refractivity contribution >= 4 is 43.5 Å². The van der Waals surface area contributed by atoms with E-state index in [0.717, 1.165) is 4.70 Å². The van der Waals surface area contributed by atoms with Gasteiger partial charge in [0.2, 0.25) is 0 Å². The zero-order chi connectivity index (χ0) is 20.1. The minimum absolute atomic E-state index is 0.163. The molecule has 3 aromatic rings. The third-order valence-corrected chi connectivity index (χ3v) is 5.43. The van der Waals surface area contributed by atoms with Gasteiger partial charge in [-0.15, -0.1) is 11.3 Å². The molecule has 0 spiro atoms. The van der Waals surface area contributed by atoms with Crippen LogP contribution in [0.3, 0.4) is 0 Å². The lowest BCUT2D eigenvalue weighted by atomic mass is 9.83. The number of Topliss-reactive ketones (excluding diaryl/α,β-unsaturated/α-hetero) is 1. The topological polar surface area (TPSA) is 89.1 Å². The van der Waals surface area contributed by atoms with E-state index < -0.39 is 16.9 Å². The molecule has 7 heteroatoms. The van der Waals surface area contributed by atoms with Gasteiger partial charge in [0, 0.05) is 5.69 Å². The number of aryl methyl sites for hydroxylation is 1. The molecule has 3 aromatic heterocycles. The first kappa shape index (κ1) is 19.2. The lowest BCUT2D eigenvalue weighted by Gasteiger charge is -2.22. The van der Waals surface area contributed by atoms with Crippen molar-refractivity contribution in [3.8, 4) is 0 Å². The summed E-state index contributed by atoms with van der Waals surface area (Å²) >= 11 is 1.38. The van der Waals surface area contributed by atoms with Crippen LogP contribution in [0.1, 0.15) is 66.6 Å². The van der Waals surface area contributed by atoms with Crippen LogP contribution in [-0.4, -0.2) is 28.3 Å². The molecule has 0 bridgehead atoms. The van der Waals surface area contributed by atoms with Gasteiger partial charge in [-0.2, -0.15) is 0 Å². The van der Waals surface area contributed by atoms with Gasteiger partial charge in [-0.3, -0.25) is 9.59 Å². The summed E-state index contributed by atoms with van der Waals surface area (Å²) < 4.78 is 5.96. The van der Waals surface area contributed by atoms with E-state index in [1.807, 2.05) is 20.8 Å². The summed E-state index contributed by atoms with van der Waals surface area (Å²) in [6, 6.07) is 1.67. The van der Waals surface area contributed by atoms with Gasteiger partial charge >= 0.3 is 5.97 Å². The maximum Gasteiger partial charge on any atom is 0.338 e. The molecule has 0 amide bonds. The Balaban J connectivity index is 2.57. The average molecular weight is 386 g/mol. The monoisotopic (exact) mass is 386 g/mol. The number of carbonyl (C=O) groups is 2. The molecule has 0 atom stereocenters. The molecule has 27 heavy (non-hydrogen) atoms. The van der Waals surface area contributed by atoms with Crippen LogP contribution in [0, 0.1) is 6.92 Å². The summed E-state index contributed by atoms with van der Waals surface area (Å²) in [5.74, 6) is -0.739. The van der Waals surface area contributed by atoms with E-state index in [1.165, 1.54) is 18.3 Å². The Labute approximate surface area is 160 Å². The standard InChI is InChI=1S/C20H22N2O4S/c1-7-26-19(25)11-8-9(2)21-18-13(11)15-16(27-18)14(20(4,5)6)12(10(3)23)17(24)22-15/h8H,7H2,1-6H3,(H,22,24). The molecule has 6 nitrogen and oxygen atoms in total. The number of fused-ring (bicyclic) bond motifs is 3. The van der Waals surface area contributed by atoms with Gasteiger partial charge in [0.25, 0.3) is 5.56 Å². The zero-order valence-electron chi connectivity index (χ0n) is 16.3. The van der Waals surface area contributed by atoms with Crippen LogP contribution in [0.25, 0.3) is 20.4 Å². The Morgan fingerprint density at radius 1 is 1.30 bits per heavy atom. The first-order valence-electron chi connectivity index (χ1n) is 8.75. The summed E-state index contributed by atoms with van der Waals surface area (Å²) in [5.41, 5.74) is 1.55. The lowest BCUT2D eigenvalue weighted by Crippen LogP contribution is -2.25. The van der Waals surface area contributed by atoms with Gasteiger partial charge in [0.05, 0.1) is 33.3 Å². The van der Waals surface area contributed by atoms with E-state index in [9.17, 15) is 14.4 Å². The highest BCUT2D eigenvalue weighted by atomic mass is 32.1. The smallest absolute Gasteiger partial charge is 0.338 e. The number of carbonyl (C=O) groups excluding carboxylic acids is 2. The predicted octanol–water partition coefficient (Wildman–Crippen LogP) is 4.12. The highest BCUT2D eigenvalue weighted by Crippen LogP contribution is 2.40. The normalized spacial score (nSPS) is 11.9. The van der Waals surface area contributed by atoms with Crippen molar-refractivity contribution in [2.45, 2.75) is 47.0 Å². The van der Waals surface area contributed by atoms with E-state index in [4.69, 9.17) is 4.74 Å². The Morgan fingerprint density at radius 2 is 1.96 bits per heavy atom. The zero-order valence-corrected chi connectivity index (χ0v) is 17.1. The second-order valence-electron chi connectivity index (χ2n) is 7.53. The molecule has 0 radical (unpaired) electrons. The van der Waals surface area contributed by atoms with Gasteiger partial charge in [-0.05, 0) is 37.8 Å². The summed E-state index contributed by atoms with van der Waals surface area (Å²) in [5, 5.41) is 0.566. The second kappa shape index (κ2) is 6.56. The Hall–Kier alpha value is -2.54. The number of aromatic nitrogens is 2. The van der Waals surface area contributed by atoms with Gasteiger partial charge in [-0.1, -0.05) is 20.8 Å². The number of nitrogens with zero attached hydrogens (tertiary/aromatic N) is 1. The van der Waals surface area contributed by atoms with Gasteiger partial charge in [0.15, 0.2) is 5.78 Å². The predicted molar refractivity (Wildman–Crippen MR) is 107 cm³/mol. The quantitative estimate of drug-likeness (QED) is 0.540. The molecule has 3 heterocycles. The summed E-state index contributed by atoms with van der Waals surface area (Å²) in [6.45, 7) is 11.1. The van der Waals surface area contributed by atoms with Crippen LogP contribution in [0.15, 0.2) is 10.9 Å². The molecule has 3 rings (SSSR count). The number of ketones is 1. The third kappa shape index (κ3) is 3.16. The van der Waals surface area contributed by atoms with Gasteiger partial charge < -0.3 is 9.72 Å². The fourth-order valence-corrected chi connectivity index (χ4v) is 4.80. The number of hydrogen-bond donors (Lipinski definition) is 1. The van der Waals surface area contributed by atoms with Gasteiger partial charge in [-0.25, -0.2) is 9.78 Å². The highest BCUT2D eigenvalue weighted by molar-refractivity contribution is 7.25. The molecule has 0 unspecified atom stereocenters. The Kier molecular flexibility index (Phi) is 4.67. The number of aromatic amines is 1. The molecular formula is C20H22N2O4S. The molecule has 1 N–H and O–H groups in total. The molecule has 142 valence electrons. The number of nitrogens with one attached hydrogen (secondary N) is 1.